The summed E-state index contributed by atoms with van der Waals surface area (Å²) in [6.07, 6.45) is 7.62. The molecule has 4 fully saturated rings. The molecule has 2 heterocycles. The van der Waals surface area contributed by atoms with Crippen LogP contribution < -0.4 is 10.6 Å². The van der Waals surface area contributed by atoms with E-state index in [9.17, 15) is 14.4 Å². The second-order valence-electron chi connectivity index (χ2n) is 11.2. The average Bonchev–Trinajstić information content (AvgIpc) is 3.23. The van der Waals surface area contributed by atoms with E-state index in [2.05, 4.69) is 10.6 Å². The number of hydrogen-bond acceptors (Lipinski definition) is 4. The van der Waals surface area contributed by atoms with E-state index in [0.717, 1.165) is 37.4 Å². The number of nitrogens with one attached hydrogen (secondary N) is 2. The monoisotopic (exact) mass is 530 g/mol. The van der Waals surface area contributed by atoms with Gasteiger partial charge in [-0.05, 0) is 74.2 Å². The molecule has 0 aromatic heterocycles. The number of carbonyl (C=O) groups is 3. The molecule has 2 N–H and O–H groups in total. The predicted octanol–water partition coefficient (Wildman–Crippen LogP) is 5.04. The van der Waals surface area contributed by atoms with Crippen molar-refractivity contribution in [3.05, 3.63) is 34.9 Å². The molecule has 2 aliphatic carbocycles. The van der Waals surface area contributed by atoms with Crippen molar-refractivity contribution in [2.75, 3.05) is 13.1 Å². The number of carbonyl (C=O) groups excluding carboxylic acids is 3. The van der Waals surface area contributed by atoms with Crippen molar-refractivity contribution in [3.8, 4) is 0 Å². The maximum absolute atomic E-state index is 13.5. The lowest BCUT2D eigenvalue weighted by Gasteiger charge is -2.28. The molecular weight excluding hydrogens is 494 g/mol. The van der Waals surface area contributed by atoms with Crippen LogP contribution in [-0.2, 0) is 15.1 Å². The van der Waals surface area contributed by atoms with Crippen LogP contribution in [0.5, 0.6) is 0 Å². The standard InChI is InChI=1S/C27H37ClN3O4Si/c1-18(17-36-13-5-12-29-25(36)33)30-24(32)23-14-20(19-6-2-3-7-19)16-31(23)26(34)35-27(10-11-27)21-8-4-9-22(28)15-21/h4,8-9,15,18-20,23H,2-3,5-7,10-14,16-17H2,1H3,(H,29,33)(H,30,32)/t18-,20?,23?/m1/s1. The summed E-state index contributed by atoms with van der Waals surface area (Å²) in [6, 6.07) is 8.55. The Morgan fingerprint density at radius 3 is 2.72 bits per heavy atom. The van der Waals surface area contributed by atoms with Gasteiger partial charge in [0.25, 0.3) is 0 Å². The summed E-state index contributed by atoms with van der Waals surface area (Å²) < 4.78 is 6.11. The molecule has 1 radical (unpaired) electrons. The first-order chi connectivity index (χ1) is 17.3. The van der Waals surface area contributed by atoms with E-state index in [0.29, 0.717) is 35.9 Å². The van der Waals surface area contributed by atoms with Crippen molar-refractivity contribution < 1.29 is 19.1 Å². The average molecular weight is 531 g/mol. The van der Waals surface area contributed by atoms with E-state index in [1.807, 2.05) is 31.2 Å². The molecule has 3 amide bonds. The normalized spacial score (nSPS) is 26.9. The maximum Gasteiger partial charge on any atom is 0.411 e. The zero-order valence-corrected chi connectivity index (χ0v) is 22.8. The molecule has 3 atom stereocenters. The highest BCUT2D eigenvalue weighted by atomic mass is 35.5. The summed E-state index contributed by atoms with van der Waals surface area (Å²) in [5, 5.41) is 6.73. The number of likely N-dealkylation sites (tertiary alicyclic amines) is 1. The molecule has 1 aromatic carbocycles. The van der Waals surface area contributed by atoms with E-state index in [4.69, 9.17) is 16.3 Å². The number of rotatable bonds is 7. The third-order valence-electron chi connectivity index (χ3n) is 8.48. The molecule has 5 rings (SSSR count). The maximum atomic E-state index is 13.5. The number of halogens is 1. The molecule has 36 heavy (non-hydrogen) atoms. The predicted molar refractivity (Wildman–Crippen MR) is 140 cm³/mol. The molecule has 195 valence electrons. The lowest BCUT2D eigenvalue weighted by molar-refractivity contribution is -0.125. The highest BCUT2D eigenvalue weighted by molar-refractivity contribution is 6.90. The van der Waals surface area contributed by atoms with E-state index in [-0.39, 0.29) is 17.5 Å². The van der Waals surface area contributed by atoms with Crippen molar-refractivity contribution in [1.82, 2.24) is 15.5 Å². The Labute approximate surface area is 220 Å². The van der Waals surface area contributed by atoms with Crippen molar-refractivity contribution in [2.24, 2.45) is 11.8 Å². The highest BCUT2D eigenvalue weighted by Gasteiger charge is 2.52. The first kappa shape index (κ1) is 25.6. The number of benzene rings is 1. The van der Waals surface area contributed by atoms with Gasteiger partial charge in [0, 0.05) is 24.2 Å². The number of ether oxygens (including phenoxy) is 1. The Morgan fingerprint density at radius 2 is 2.03 bits per heavy atom. The summed E-state index contributed by atoms with van der Waals surface area (Å²) in [5.41, 5.74) is 0.453. The molecule has 2 unspecified atom stereocenters. The molecule has 7 nitrogen and oxygen atoms in total. The van der Waals surface area contributed by atoms with Crippen LogP contribution >= 0.6 is 11.6 Å². The molecule has 9 heteroatoms. The van der Waals surface area contributed by atoms with Crippen LogP contribution in [0.1, 0.15) is 63.9 Å². The molecule has 2 saturated carbocycles. The molecule has 0 spiro atoms. The Balaban J connectivity index is 1.26. The van der Waals surface area contributed by atoms with Gasteiger partial charge in [-0.15, -0.1) is 0 Å². The SMILES string of the molecule is C[C@H](C[Si]1CCCNC1=O)NC(=O)C1CC(C2CCCC2)CN1C(=O)OC1(c2cccc(Cl)c2)CC1. The van der Waals surface area contributed by atoms with Crippen LogP contribution in [0.15, 0.2) is 24.3 Å². The quantitative estimate of drug-likeness (QED) is 0.483. The van der Waals surface area contributed by atoms with E-state index < -0.39 is 26.5 Å². The Hall–Kier alpha value is -2.06. The van der Waals surface area contributed by atoms with Gasteiger partial charge in [0.1, 0.15) is 11.6 Å². The first-order valence-corrected chi connectivity index (χ1v) is 15.8. The fraction of sp³-hybridized carbons (Fsp3) is 0.667. The fourth-order valence-electron chi connectivity index (χ4n) is 6.35. The van der Waals surface area contributed by atoms with Crippen molar-refractivity contribution in [1.29, 1.82) is 0 Å². The van der Waals surface area contributed by atoms with Crippen molar-refractivity contribution in [2.45, 2.75) is 88.1 Å². The van der Waals surface area contributed by atoms with Gasteiger partial charge in [-0.3, -0.25) is 14.5 Å². The summed E-state index contributed by atoms with van der Waals surface area (Å²) in [7, 11) is -1.18. The molecular formula is C27H37ClN3O4Si. The van der Waals surface area contributed by atoms with Crippen LogP contribution in [0.2, 0.25) is 17.1 Å². The van der Waals surface area contributed by atoms with Gasteiger partial charge in [-0.2, -0.15) is 0 Å². The van der Waals surface area contributed by atoms with Crippen LogP contribution in [-0.4, -0.2) is 56.4 Å². The van der Waals surface area contributed by atoms with Gasteiger partial charge in [0.15, 0.2) is 14.3 Å². The smallest absolute Gasteiger partial charge is 0.411 e. The van der Waals surface area contributed by atoms with Crippen molar-refractivity contribution >= 4 is 37.9 Å². The van der Waals surface area contributed by atoms with Crippen LogP contribution in [0.25, 0.3) is 0 Å². The Kier molecular flexibility index (Phi) is 7.63. The minimum absolute atomic E-state index is 0.0973. The van der Waals surface area contributed by atoms with Crippen LogP contribution in [0.4, 0.5) is 9.59 Å². The lowest BCUT2D eigenvalue weighted by atomic mass is 9.89. The van der Waals surface area contributed by atoms with E-state index >= 15 is 0 Å². The van der Waals surface area contributed by atoms with E-state index in [1.165, 1.54) is 25.7 Å². The third-order valence-corrected chi connectivity index (χ3v) is 11.6. The summed E-state index contributed by atoms with van der Waals surface area (Å²) >= 11 is 6.20. The molecule has 4 aliphatic rings. The van der Waals surface area contributed by atoms with Gasteiger partial charge in [0.2, 0.25) is 5.91 Å². The van der Waals surface area contributed by atoms with Gasteiger partial charge >= 0.3 is 6.09 Å². The topological polar surface area (TPSA) is 87.7 Å². The molecule has 2 aliphatic heterocycles. The van der Waals surface area contributed by atoms with Gasteiger partial charge in [0.05, 0.1) is 0 Å². The minimum Gasteiger partial charge on any atom is -0.438 e. The van der Waals surface area contributed by atoms with Gasteiger partial charge < -0.3 is 15.4 Å². The van der Waals surface area contributed by atoms with Crippen molar-refractivity contribution in [3.63, 3.8) is 0 Å². The second kappa shape index (κ2) is 10.7. The zero-order valence-electron chi connectivity index (χ0n) is 21.1. The second-order valence-corrected chi connectivity index (χ2v) is 14.2. The third kappa shape index (κ3) is 5.59. The number of hydrogen-bond donors (Lipinski definition) is 2. The number of nitrogens with zero attached hydrogens (tertiary/aromatic N) is 1. The number of amides is 3. The van der Waals surface area contributed by atoms with Crippen LogP contribution in [0.3, 0.4) is 0 Å². The largest absolute Gasteiger partial charge is 0.438 e. The molecule has 2 saturated heterocycles. The first-order valence-electron chi connectivity index (χ1n) is 13.5. The van der Waals surface area contributed by atoms with Crippen LogP contribution in [0, 0.1) is 11.8 Å². The highest BCUT2D eigenvalue weighted by Crippen LogP contribution is 2.50. The summed E-state index contributed by atoms with van der Waals surface area (Å²) in [6.45, 7) is 3.30. The molecule has 1 aromatic rings. The zero-order chi connectivity index (χ0) is 25.3. The Bertz CT molecular complexity index is 997. The van der Waals surface area contributed by atoms with Gasteiger partial charge in [-0.25, -0.2) is 4.79 Å². The van der Waals surface area contributed by atoms with E-state index in [1.54, 1.807) is 4.90 Å². The minimum atomic E-state index is -1.18. The lowest BCUT2D eigenvalue weighted by Crippen LogP contribution is -2.51. The Morgan fingerprint density at radius 1 is 1.25 bits per heavy atom. The summed E-state index contributed by atoms with van der Waals surface area (Å²) in [5.74, 6) is 0.768. The molecule has 0 bridgehead atoms. The van der Waals surface area contributed by atoms with Gasteiger partial charge in [-0.1, -0.05) is 49.4 Å². The fourth-order valence-corrected chi connectivity index (χ4v) is 8.97. The summed E-state index contributed by atoms with van der Waals surface area (Å²) in [4.78, 5) is 40.9.